The van der Waals surface area contributed by atoms with Crippen LogP contribution in [0.15, 0.2) is 35.7 Å². The van der Waals surface area contributed by atoms with Crippen LogP contribution in [0.4, 0.5) is 5.69 Å². The van der Waals surface area contributed by atoms with E-state index in [2.05, 4.69) is 61.4 Å². The number of anilines is 1. The molecule has 24 heavy (non-hydrogen) atoms. The molecule has 2 aromatic carbocycles. The van der Waals surface area contributed by atoms with E-state index in [0.717, 1.165) is 24.6 Å². The first kappa shape index (κ1) is 15.3. The molecule has 3 aromatic rings. The van der Waals surface area contributed by atoms with Gasteiger partial charge in [-0.3, -0.25) is 0 Å². The molecular formula is C20H21NO2S. The zero-order chi connectivity index (χ0) is 16.7. The van der Waals surface area contributed by atoms with Gasteiger partial charge < -0.3 is 14.4 Å². The minimum atomic E-state index is 0.306. The van der Waals surface area contributed by atoms with Crippen molar-refractivity contribution in [2.75, 3.05) is 24.8 Å². The summed E-state index contributed by atoms with van der Waals surface area (Å²) < 4.78 is 12.8. The molecule has 4 rings (SSSR count). The number of hydrogen-bond acceptors (Lipinski definition) is 4. The Morgan fingerprint density at radius 3 is 2.54 bits per heavy atom. The van der Waals surface area contributed by atoms with Gasteiger partial charge >= 0.3 is 0 Å². The van der Waals surface area contributed by atoms with Gasteiger partial charge in [-0.2, -0.15) is 0 Å². The lowest BCUT2D eigenvalue weighted by atomic mass is 10.0. The third-order valence-electron chi connectivity index (χ3n) is 4.62. The first-order valence-corrected chi connectivity index (χ1v) is 9.26. The van der Waals surface area contributed by atoms with E-state index in [9.17, 15) is 0 Å². The highest BCUT2D eigenvalue weighted by atomic mass is 32.1. The molecule has 0 bridgehead atoms. The van der Waals surface area contributed by atoms with E-state index in [1.165, 1.54) is 32.5 Å². The van der Waals surface area contributed by atoms with E-state index in [-0.39, 0.29) is 0 Å². The summed E-state index contributed by atoms with van der Waals surface area (Å²) in [6, 6.07) is 10.9. The standard InChI is InChI=1S/C20H21NO2S/c1-4-21(5-2)19-18-15(14-8-6-13(3)7-9-14)11-24-17(18)10-16-20(19)23-12-22-16/h6-11H,4-5,12H2,1-3H3. The summed E-state index contributed by atoms with van der Waals surface area (Å²) in [7, 11) is 0. The maximum absolute atomic E-state index is 5.84. The van der Waals surface area contributed by atoms with Crippen LogP contribution in [0.2, 0.25) is 0 Å². The number of fused-ring (bicyclic) bond motifs is 2. The van der Waals surface area contributed by atoms with Crippen LogP contribution >= 0.6 is 11.3 Å². The van der Waals surface area contributed by atoms with E-state index in [4.69, 9.17) is 9.47 Å². The van der Waals surface area contributed by atoms with Gasteiger partial charge in [-0.05, 0) is 31.7 Å². The van der Waals surface area contributed by atoms with Gasteiger partial charge in [0.1, 0.15) is 0 Å². The molecule has 0 atom stereocenters. The van der Waals surface area contributed by atoms with Crippen LogP contribution in [-0.2, 0) is 0 Å². The summed E-state index contributed by atoms with van der Waals surface area (Å²) in [5, 5.41) is 3.52. The summed E-state index contributed by atoms with van der Waals surface area (Å²) >= 11 is 1.77. The summed E-state index contributed by atoms with van der Waals surface area (Å²) in [6.07, 6.45) is 0. The van der Waals surface area contributed by atoms with Crippen molar-refractivity contribution in [3.05, 3.63) is 41.3 Å². The van der Waals surface area contributed by atoms with Crippen LogP contribution in [0.25, 0.3) is 21.2 Å². The monoisotopic (exact) mass is 339 g/mol. The summed E-state index contributed by atoms with van der Waals surface area (Å²) in [6.45, 7) is 8.67. The smallest absolute Gasteiger partial charge is 0.231 e. The fourth-order valence-corrected chi connectivity index (χ4v) is 4.32. The molecule has 2 heterocycles. The van der Waals surface area contributed by atoms with Crippen LogP contribution < -0.4 is 14.4 Å². The lowest BCUT2D eigenvalue weighted by Crippen LogP contribution is -2.22. The van der Waals surface area contributed by atoms with Gasteiger partial charge in [-0.1, -0.05) is 29.8 Å². The average Bonchev–Trinajstić information content (AvgIpc) is 3.22. The quantitative estimate of drug-likeness (QED) is 0.631. The normalized spacial score (nSPS) is 12.8. The Balaban J connectivity index is 2.02. The van der Waals surface area contributed by atoms with Crippen molar-refractivity contribution in [3.8, 4) is 22.6 Å². The fraction of sp³-hybridized carbons (Fsp3) is 0.300. The molecule has 0 aliphatic carbocycles. The highest BCUT2D eigenvalue weighted by molar-refractivity contribution is 7.18. The van der Waals surface area contributed by atoms with E-state index >= 15 is 0 Å². The highest BCUT2D eigenvalue weighted by Gasteiger charge is 2.26. The highest BCUT2D eigenvalue weighted by Crippen LogP contribution is 2.51. The lowest BCUT2D eigenvalue weighted by molar-refractivity contribution is 0.174. The van der Waals surface area contributed by atoms with Crippen LogP contribution in [-0.4, -0.2) is 19.9 Å². The zero-order valence-electron chi connectivity index (χ0n) is 14.3. The summed E-state index contributed by atoms with van der Waals surface area (Å²) in [4.78, 5) is 2.36. The molecule has 4 heteroatoms. The molecule has 0 amide bonds. The van der Waals surface area contributed by atoms with Crippen molar-refractivity contribution in [2.45, 2.75) is 20.8 Å². The van der Waals surface area contributed by atoms with Gasteiger partial charge in [-0.15, -0.1) is 11.3 Å². The van der Waals surface area contributed by atoms with Crippen molar-refractivity contribution in [1.29, 1.82) is 0 Å². The van der Waals surface area contributed by atoms with E-state index in [1.54, 1.807) is 11.3 Å². The third-order valence-corrected chi connectivity index (χ3v) is 5.55. The number of ether oxygens (including phenoxy) is 2. The molecule has 0 spiro atoms. The molecule has 0 radical (unpaired) electrons. The van der Waals surface area contributed by atoms with Crippen molar-refractivity contribution in [1.82, 2.24) is 0 Å². The molecule has 1 aromatic heterocycles. The number of rotatable bonds is 4. The largest absolute Gasteiger partial charge is 0.453 e. The van der Waals surface area contributed by atoms with Crippen molar-refractivity contribution in [3.63, 3.8) is 0 Å². The minimum Gasteiger partial charge on any atom is -0.453 e. The molecule has 124 valence electrons. The molecule has 0 fully saturated rings. The molecule has 1 aliphatic rings. The number of hydrogen-bond donors (Lipinski definition) is 0. The van der Waals surface area contributed by atoms with Gasteiger partial charge in [-0.25, -0.2) is 0 Å². The number of benzene rings is 2. The topological polar surface area (TPSA) is 21.7 Å². The van der Waals surface area contributed by atoms with E-state index in [1.807, 2.05) is 0 Å². The Kier molecular flexibility index (Phi) is 3.85. The Bertz CT molecular complexity index is 879. The maximum atomic E-state index is 5.84. The SMILES string of the molecule is CCN(CC)c1c2c(cc3scc(-c4ccc(C)cc4)c13)OCO2. The summed E-state index contributed by atoms with van der Waals surface area (Å²) in [5.41, 5.74) is 4.97. The van der Waals surface area contributed by atoms with Gasteiger partial charge in [0.15, 0.2) is 11.5 Å². The van der Waals surface area contributed by atoms with Crippen LogP contribution in [0.5, 0.6) is 11.5 Å². The zero-order valence-corrected chi connectivity index (χ0v) is 15.1. The molecule has 0 saturated carbocycles. The molecule has 0 saturated heterocycles. The average molecular weight is 339 g/mol. The molecular weight excluding hydrogens is 318 g/mol. The second-order valence-electron chi connectivity index (χ2n) is 6.02. The predicted octanol–water partition coefficient (Wildman–Crippen LogP) is 5.45. The fourth-order valence-electron chi connectivity index (χ4n) is 3.32. The Morgan fingerprint density at radius 1 is 1.08 bits per heavy atom. The first-order valence-electron chi connectivity index (χ1n) is 8.38. The first-order chi connectivity index (χ1) is 11.7. The second kappa shape index (κ2) is 6.02. The Hall–Kier alpha value is -2.20. The van der Waals surface area contributed by atoms with E-state index in [0.29, 0.717) is 6.79 Å². The number of thiophene rings is 1. The minimum absolute atomic E-state index is 0.306. The molecule has 3 nitrogen and oxygen atoms in total. The number of aryl methyl sites for hydroxylation is 1. The molecule has 0 N–H and O–H groups in total. The van der Waals surface area contributed by atoms with Gasteiger partial charge in [0, 0.05) is 34.8 Å². The number of nitrogens with zero attached hydrogens (tertiary/aromatic N) is 1. The maximum Gasteiger partial charge on any atom is 0.231 e. The van der Waals surface area contributed by atoms with Crippen molar-refractivity contribution < 1.29 is 9.47 Å². The van der Waals surface area contributed by atoms with Gasteiger partial charge in [0.2, 0.25) is 6.79 Å². The van der Waals surface area contributed by atoms with Crippen LogP contribution in [0, 0.1) is 6.92 Å². The lowest BCUT2D eigenvalue weighted by Gasteiger charge is -2.24. The summed E-state index contributed by atoms with van der Waals surface area (Å²) in [5.74, 6) is 1.75. The van der Waals surface area contributed by atoms with Gasteiger partial charge in [0.05, 0.1) is 5.69 Å². The van der Waals surface area contributed by atoms with Crippen molar-refractivity contribution in [2.24, 2.45) is 0 Å². The van der Waals surface area contributed by atoms with Crippen molar-refractivity contribution >= 4 is 27.1 Å². The van der Waals surface area contributed by atoms with E-state index < -0.39 is 0 Å². The van der Waals surface area contributed by atoms with Gasteiger partial charge in [0.25, 0.3) is 0 Å². The Morgan fingerprint density at radius 2 is 1.83 bits per heavy atom. The van der Waals surface area contributed by atoms with Crippen LogP contribution in [0.1, 0.15) is 19.4 Å². The molecule has 0 unspecified atom stereocenters. The second-order valence-corrected chi connectivity index (χ2v) is 6.93. The van der Waals surface area contributed by atoms with Crippen LogP contribution in [0.3, 0.4) is 0 Å². The third kappa shape index (κ3) is 2.33. The molecule has 1 aliphatic heterocycles. The predicted molar refractivity (Wildman–Crippen MR) is 102 cm³/mol. The Labute approximate surface area is 146 Å².